The lowest BCUT2D eigenvalue weighted by Gasteiger charge is -2.38. The summed E-state index contributed by atoms with van der Waals surface area (Å²) in [6, 6.07) is 2.66. The van der Waals surface area contributed by atoms with Crippen LogP contribution in [-0.4, -0.2) is 35.7 Å². The van der Waals surface area contributed by atoms with E-state index in [1.165, 1.54) is 50.6 Å². The lowest BCUT2D eigenvalue weighted by molar-refractivity contribution is 0.229. The molecule has 3 rings (SSSR count). The first-order valence-electron chi connectivity index (χ1n) is 8.45. The van der Waals surface area contributed by atoms with E-state index in [1.807, 2.05) is 0 Å². The molecule has 0 N–H and O–H groups in total. The summed E-state index contributed by atoms with van der Waals surface area (Å²) in [5.74, 6) is 0.891. The van der Waals surface area contributed by atoms with Crippen molar-refractivity contribution in [1.82, 2.24) is 0 Å². The second kappa shape index (κ2) is 5.84. The fourth-order valence-electron chi connectivity index (χ4n) is 4.03. The van der Waals surface area contributed by atoms with E-state index in [1.54, 1.807) is 0 Å². The fourth-order valence-corrected chi connectivity index (χ4v) is 12.7. The number of epoxide rings is 1. The van der Waals surface area contributed by atoms with Crippen LogP contribution in [0.1, 0.15) is 38.5 Å². The molecule has 4 unspecified atom stereocenters. The monoisotopic (exact) mass is 314 g/mol. The van der Waals surface area contributed by atoms with Gasteiger partial charge in [0.15, 0.2) is 8.32 Å². The van der Waals surface area contributed by atoms with Crippen LogP contribution in [0.15, 0.2) is 0 Å². The molecule has 1 saturated carbocycles. The topological polar surface area (TPSA) is 31.0 Å². The summed E-state index contributed by atoms with van der Waals surface area (Å²) in [5, 5.41) is 0. The standard InChI is InChI=1S/C15H30O3Si2/c1-19(2)16-9-4-5-10-20(3,18-19)11-8-13-6-7-14-15(12-13)17-14/h13-15H,4-12H2,1-3H3. The first-order valence-corrected chi connectivity index (χ1v) is 14.1. The molecule has 3 aliphatic rings. The average Bonchev–Trinajstić information content (AvgIpc) is 3.12. The Bertz CT molecular complexity index is 350. The van der Waals surface area contributed by atoms with E-state index in [4.69, 9.17) is 13.3 Å². The van der Waals surface area contributed by atoms with Crippen molar-refractivity contribution in [3.05, 3.63) is 0 Å². The van der Waals surface area contributed by atoms with Crippen molar-refractivity contribution in [1.29, 1.82) is 0 Å². The molecule has 5 heteroatoms. The van der Waals surface area contributed by atoms with E-state index < -0.39 is 16.9 Å². The van der Waals surface area contributed by atoms with Gasteiger partial charge in [0.05, 0.1) is 12.2 Å². The quantitative estimate of drug-likeness (QED) is 0.582. The van der Waals surface area contributed by atoms with Crippen molar-refractivity contribution < 1.29 is 13.3 Å². The molecule has 20 heavy (non-hydrogen) atoms. The van der Waals surface area contributed by atoms with Crippen LogP contribution in [0.2, 0.25) is 31.7 Å². The maximum Gasteiger partial charge on any atom is 0.321 e. The zero-order valence-electron chi connectivity index (χ0n) is 13.3. The number of rotatable bonds is 3. The highest BCUT2D eigenvalue weighted by molar-refractivity contribution is 6.83. The second-order valence-electron chi connectivity index (χ2n) is 7.69. The van der Waals surface area contributed by atoms with Gasteiger partial charge in [-0.1, -0.05) is 12.8 Å². The molecule has 0 radical (unpaired) electrons. The minimum Gasteiger partial charge on any atom is -0.436 e. The van der Waals surface area contributed by atoms with Crippen LogP contribution in [0.25, 0.3) is 0 Å². The Kier molecular flexibility index (Phi) is 4.44. The molecule has 0 amide bonds. The largest absolute Gasteiger partial charge is 0.436 e. The van der Waals surface area contributed by atoms with Gasteiger partial charge in [-0.15, -0.1) is 0 Å². The number of ether oxygens (including phenoxy) is 1. The molecule has 0 aromatic heterocycles. The summed E-state index contributed by atoms with van der Waals surface area (Å²) >= 11 is 0. The van der Waals surface area contributed by atoms with Crippen molar-refractivity contribution in [3.8, 4) is 0 Å². The van der Waals surface area contributed by atoms with E-state index in [9.17, 15) is 0 Å². The van der Waals surface area contributed by atoms with E-state index in [0.29, 0.717) is 12.2 Å². The maximum atomic E-state index is 6.62. The molecule has 0 spiro atoms. The summed E-state index contributed by atoms with van der Waals surface area (Å²) < 4.78 is 18.3. The van der Waals surface area contributed by atoms with Gasteiger partial charge in [-0.05, 0) is 63.3 Å². The molecular weight excluding hydrogens is 284 g/mol. The Labute approximate surface area is 125 Å². The molecule has 116 valence electrons. The predicted molar refractivity (Wildman–Crippen MR) is 85.6 cm³/mol. The Balaban J connectivity index is 1.52. The Morgan fingerprint density at radius 2 is 1.90 bits per heavy atom. The van der Waals surface area contributed by atoms with Gasteiger partial charge in [-0.3, -0.25) is 0 Å². The zero-order chi connectivity index (χ0) is 14.2. The number of hydrogen-bond acceptors (Lipinski definition) is 3. The zero-order valence-corrected chi connectivity index (χ0v) is 15.3. The van der Waals surface area contributed by atoms with Crippen LogP contribution in [0.3, 0.4) is 0 Å². The smallest absolute Gasteiger partial charge is 0.321 e. The average molecular weight is 315 g/mol. The van der Waals surface area contributed by atoms with E-state index in [0.717, 1.165) is 12.5 Å². The van der Waals surface area contributed by atoms with Gasteiger partial charge in [-0.2, -0.15) is 0 Å². The molecule has 3 nitrogen and oxygen atoms in total. The van der Waals surface area contributed by atoms with Crippen molar-refractivity contribution in [2.45, 2.75) is 82.5 Å². The molecule has 3 fully saturated rings. The number of hydrogen-bond donors (Lipinski definition) is 0. The van der Waals surface area contributed by atoms with Gasteiger partial charge in [0.1, 0.15) is 0 Å². The second-order valence-corrected chi connectivity index (χ2v) is 15.5. The van der Waals surface area contributed by atoms with Gasteiger partial charge in [0.25, 0.3) is 0 Å². The van der Waals surface area contributed by atoms with Gasteiger partial charge in [0, 0.05) is 6.61 Å². The Morgan fingerprint density at radius 3 is 2.70 bits per heavy atom. The highest BCUT2D eigenvalue weighted by atomic mass is 28.4. The van der Waals surface area contributed by atoms with Crippen molar-refractivity contribution >= 4 is 16.9 Å². The Morgan fingerprint density at radius 1 is 1.05 bits per heavy atom. The van der Waals surface area contributed by atoms with Crippen molar-refractivity contribution in [3.63, 3.8) is 0 Å². The molecule has 0 aromatic carbocycles. The SMILES string of the molecule is C[Si]1(CCC2CCC3OC3C2)CCCCO[Si](C)(C)O1. The van der Waals surface area contributed by atoms with E-state index >= 15 is 0 Å². The fraction of sp³-hybridized carbons (Fsp3) is 1.00. The summed E-state index contributed by atoms with van der Waals surface area (Å²) in [4.78, 5) is 0. The van der Waals surface area contributed by atoms with Crippen molar-refractivity contribution in [2.24, 2.45) is 5.92 Å². The first kappa shape index (κ1) is 15.2. The van der Waals surface area contributed by atoms with Crippen LogP contribution in [0.4, 0.5) is 0 Å². The molecular formula is C15H30O3Si2. The normalized spacial score (nSPS) is 44.2. The van der Waals surface area contributed by atoms with E-state index in [2.05, 4.69) is 19.6 Å². The third-order valence-electron chi connectivity index (χ3n) is 5.24. The summed E-state index contributed by atoms with van der Waals surface area (Å²) in [6.45, 7) is 7.82. The lowest BCUT2D eigenvalue weighted by atomic mass is 9.88. The molecule has 4 atom stereocenters. The van der Waals surface area contributed by atoms with Crippen LogP contribution in [0.5, 0.6) is 0 Å². The van der Waals surface area contributed by atoms with E-state index in [-0.39, 0.29) is 0 Å². The highest BCUT2D eigenvalue weighted by Crippen LogP contribution is 2.42. The van der Waals surface area contributed by atoms with Crippen molar-refractivity contribution in [2.75, 3.05) is 6.61 Å². The number of fused-ring (bicyclic) bond motifs is 1. The summed E-state index contributed by atoms with van der Waals surface area (Å²) in [6.07, 6.45) is 9.13. The first-order chi connectivity index (χ1) is 9.46. The summed E-state index contributed by atoms with van der Waals surface area (Å²) in [5.41, 5.74) is 0. The van der Waals surface area contributed by atoms with Crippen LogP contribution in [-0.2, 0) is 13.3 Å². The van der Waals surface area contributed by atoms with Gasteiger partial charge < -0.3 is 13.3 Å². The minimum absolute atomic E-state index is 0.621. The molecule has 2 heterocycles. The van der Waals surface area contributed by atoms with Crippen LogP contribution < -0.4 is 0 Å². The highest BCUT2D eigenvalue weighted by Gasteiger charge is 2.45. The van der Waals surface area contributed by atoms with Crippen LogP contribution in [0, 0.1) is 5.92 Å². The van der Waals surface area contributed by atoms with Gasteiger partial charge >= 0.3 is 8.56 Å². The van der Waals surface area contributed by atoms with Gasteiger partial charge in [-0.25, -0.2) is 0 Å². The third-order valence-corrected chi connectivity index (χ3v) is 12.8. The molecule has 2 saturated heterocycles. The Hall–Kier alpha value is 0.314. The minimum atomic E-state index is -1.86. The lowest BCUT2D eigenvalue weighted by Crippen LogP contribution is -2.49. The maximum absolute atomic E-state index is 6.62. The summed E-state index contributed by atoms with van der Waals surface area (Å²) in [7, 11) is -3.41. The molecule has 1 aliphatic carbocycles. The molecule has 0 bridgehead atoms. The molecule has 2 aliphatic heterocycles. The molecule has 0 aromatic rings. The van der Waals surface area contributed by atoms with Gasteiger partial charge in [0.2, 0.25) is 0 Å². The van der Waals surface area contributed by atoms with Crippen LogP contribution >= 0.6 is 0 Å². The third kappa shape index (κ3) is 3.94. The predicted octanol–water partition coefficient (Wildman–Crippen LogP) is 4.05.